The zero-order valence-electron chi connectivity index (χ0n) is 7.93. The molecule has 0 aliphatic carbocycles. The SMILES string of the molecule is CCOC(=O)C[S+](CC)CC.[Br-]. The van der Waals surface area contributed by atoms with Gasteiger partial charge in [-0.25, -0.2) is 4.79 Å². The van der Waals surface area contributed by atoms with Crippen LogP contribution in [0.15, 0.2) is 0 Å². The lowest BCUT2D eigenvalue weighted by atomic mass is 10.8. The molecule has 0 bridgehead atoms. The van der Waals surface area contributed by atoms with Crippen molar-refractivity contribution in [3.63, 3.8) is 0 Å². The molecule has 0 aromatic heterocycles. The lowest BCUT2D eigenvalue weighted by Gasteiger charge is -2.02. The molecule has 0 fully saturated rings. The van der Waals surface area contributed by atoms with Crippen molar-refractivity contribution in [3.05, 3.63) is 0 Å². The number of esters is 1. The van der Waals surface area contributed by atoms with E-state index in [4.69, 9.17) is 4.74 Å². The molecule has 0 aliphatic heterocycles. The maximum atomic E-state index is 11.0. The Labute approximate surface area is 88.2 Å². The average molecular weight is 257 g/mol. The minimum Gasteiger partial charge on any atom is -1.00 e. The molecule has 0 spiro atoms. The van der Waals surface area contributed by atoms with E-state index in [1.54, 1.807) is 0 Å². The van der Waals surface area contributed by atoms with Crippen molar-refractivity contribution in [2.75, 3.05) is 23.9 Å². The third-order valence-corrected chi connectivity index (χ3v) is 3.72. The van der Waals surface area contributed by atoms with Crippen LogP contribution in [-0.2, 0) is 20.4 Å². The van der Waals surface area contributed by atoms with Crippen molar-refractivity contribution < 1.29 is 26.5 Å². The van der Waals surface area contributed by atoms with Gasteiger partial charge in [0, 0.05) is 0 Å². The lowest BCUT2D eigenvalue weighted by Crippen LogP contribution is -3.00. The highest BCUT2D eigenvalue weighted by Gasteiger charge is 2.18. The third kappa shape index (κ3) is 6.98. The first-order valence-corrected chi connectivity index (χ1v) is 5.77. The molecule has 0 aliphatic rings. The standard InChI is InChI=1S/C8H17O2S.BrH/c1-4-10-8(9)7-11(5-2)6-3;/h4-7H2,1-3H3;1H/q+1;/p-1. The number of rotatable bonds is 5. The van der Waals surface area contributed by atoms with Gasteiger partial charge in [0.05, 0.1) is 6.61 Å². The summed E-state index contributed by atoms with van der Waals surface area (Å²) < 4.78 is 4.84. The predicted molar refractivity (Wildman–Crippen MR) is 49.9 cm³/mol. The van der Waals surface area contributed by atoms with E-state index >= 15 is 0 Å². The molecule has 2 nitrogen and oxygen atoms in total. The number of carbonyl (C=O) groups excluding carboxylic acids is 1. The molecule has 0 heterocycles. The summed E-state index contributed by atoms with van der Waals surface area (Å²) in [7, 11) is 0.255. The highest BCUT2D eigenvalue weighted by atomic mass is 79.9. The Hall–Kier alpha value is 0.300. The van der Waals surface area contributed by atoms with Gasteiger partial charge in [0.1, 0.15) is 11.5 Å². The van der Waals surface area contributed by atoms with Gasteiger partial charge in [-0.3, -0.25) is 0 Å². The number of halogens is 1. The van der Waals surface area contributed by atoms with Crippen LogP contribution in [0.5, 0.6) is 0 Å². The van der Waals surface area contributed by atoms with E-state index in [-0.39, 0.29) is 33.8 Å². The summed E-state index contributed by atoms with van der Waals surface area (Å²) >= 11 is 0. The molecule has 0 saturated heterocycles. The van der Waals surface area contributed by atoms with Crippen molar-refractivity contribution in [2.45, 2.75) is 20.8 Å². The van der Waals surface area contributed by atoms with Crippen LogP contribution in [0.4, 0.5) is 0 Å². The fourth-order valence-corrected chi connectivity index (χ4v) is 2.01. The molecule has 0 rings (SSSR count). The fraction of sp³-hybridized carbons (Fsp3) is 0.875. The van der Waals surface area contributed by atoms with Crippen molar-refractivity contribution in [1.82, 2.24) is 0 Å². The largest absolute Gasteiger partial charge is 1.00 e. The van der Waals surface area contributed by atoms with Gasteiger partial charge in [0.25, 0.3) is 0 Å². The van der Waals surface area contributed by atoms with Gasteiger partial charge in [0.2, 0.25) is 5.75 Å². The molecular weight excluding hydrogens is 240 g/mol. The second-order valence-electron chi connectivity index (χ2n) is 2.14. The highest BCUT2D eigenvalue weighted by Crippen LogP contribution is 1.96. The van der Waals surface area contributed by atoms with Crippen LogP contribution in [0.2, 0.25) is 0 Å². The van der Waals surface area contributed by atoms with Crippen LogP contribution in [0.1, 0.15) is 20.8 Å². The minimum atomic E-state index is -0.0421. The van der Waals surface area contributed by atoms with Gasteiger partial charge < -0.3 is 21.7 Å². The van der Waals surface area contributed by atoms with Crippen molar-refractivity contribution in [1.29, 1.82) is 0 Å². The van der Waals surface area contributed by atoms with E-state index in [1.807, 2.05) is 6.92 Å². The Balaban J connectivity index is 0. The molecule has 0 N–H and O–H groups in total. The van der Waals surface area contributed by atoms with Gasteiger partial charge in [-0.1, -0.05) is 0 Å². The zero-order valence-corrected chi connectivity index (χ0v) is 10.3. The first-order valence-electron chi connectivity index (χ1n) is 4.04. The second-order valence-corrected chi connectivity index (χ2v) is 4.81. The molecule has 0 radical (unpaired) electrons. The van der Waals surface area contributed by atoms with Crippen LogP contribution in [0.3, 0.4) is 0 Å². The predicted octanol–water partition coefficient (Wildman–Crippen LogP) is -1.79. The monoisotopic (exact) mass is 256 g/mol. The molecule has 74 valence electrons. The van der Waals surface area contributed by atoms with Gasteiger partial charge in [-0.2, -0.15) is 0 Å². The van der Waals surface area contributed by atoms with Gasteiger partial charge in [-0.15, -0.1) is 0 Å². The molecule has 0 amide bonds. The van der Waals surface area contributed by atoms with Gasteiger partial charge in [-0.05, 0) is 31.7 Å². The first kappa shape index (κ1) is 14.8. The second kappa shape index (κ2) is 9.39. The van der Waals surface area contributed by atoms with E-state index in [1.165, 1.54) is 0 Å². The fourth-order valence-electron chi connectivity index (χ4n) is 0.778. The Morgan fingerprint density at radius 3 is 2.08 bits per heavy atom. The highest BCUT2D eigenvalue weighted by molar-refractivity contribution is 7.97. The van der Waals surface area contributed by atoms with Crippen LogP contribution in [0, 0.1) is 0 Å². The maximum absolute atomic E-state index is 11.0. The quantitative estimate of drug-likeness (QED) is 0.429. The summed E-state index contributed by atoms with van der Waals surface area (Å²) in [6, 6.07) is 0. The third-order valence-electron chi connectivity index (χ3n) is 1.44. The van der Waals surface area contributed by atoms with Gasteiger partial charge >= 0.3 is 5.97 Å². The Morgan fingerprint density at radius 1 is 1.25 bits per heavy atom. The summed E-state index contributed by atoms with van der Waals surface area (Å²) in [6.45, 7) is 6.58. The molecule has 4 heteroatoms. The van der Waals surface area contributed by atoms with Crippen LogP contribution >= 0.6 is 0 Å². The Kier molecular flexibility index (Phi) is 11.6. The summed E-state index contributed by atoms with van der Waals surface area (Å²) in [6.07, 6.45) is 0. The molecular formula is C8H17BrO2S. The number of carbonyl (C=O) groups is 1. The first-order chi connectivity index (χ1) is 5.24. The summed E-state index contributed by atoms with van der Waals surface area (Å²) in [5.74, 6) is 2.75. The number of hydrogen-bond donors (Lipinski definition) is 0. The molecule has 0 aromatic rings. The normalized spacial score (nSPS) is 9.33. The van der Waals surface area contributed by atoms with E-state index in [0.717, 1.165) is 11.5 Å². The topological polar surface area (TPSA) is 26.3 Å². The van der Waals surface area contributed by atoms with Crippen molar-refractivity contribution >= 4 is 16.9 Å². The Bertz CT molecular complexity index is 116. The maximum Gasteiger partial charge on any atom is 0.356 e. The Morgan fingerprint density at radius 2 is 1.75 bits per heavy atom. The molecule has 0 saturated carbocycles. The molecule has 0 aromatic carbocycles. The molecule has 0 unspecified atom stereocenters. The van der Waals surface area contributed by atoms with Crippen LogP contribution < -0.4 is 17.0 Å². The molecule has 0 atom stereocenters. The minimum absolute atomic E-state index is 0. The van der Waals surface area contributed by atoms with Crippen LogP contribution in [0.25, 0.3) is 0 Å². The molecule has 12 heavy (non-hydrogen) atoms. The van der Waals surface area contributed by atoms with E-state index < -0.39 is 0 Å². The van der Waals surface area contributed by atoms with Crippen LogP contribution in [-0.4, -0.2) is 29.8 Å². The number of hydrogen-bond acceptors (Lipinski definition) is 2. The smallest absolute Gasteiger partial charge is 0.356 e. The summed E-state index contributed by atoms with van der Waals surface area (Å²) in [5, 5.41) is 0. The van der Waals surface area contributed by atoms with Crippen molar-refractivity contribution in [2.24, 2.45) is 0 Å². The van der Waals surface area contributed by atoms with E-state index in [2.05, 4.69) is 13.8 Å². The average Bonchev–Trinajstić information content (AvgIpc) is 2.01. The van der Waals surface area contributed by atoms with Crippen molar-refractivity contribution in [3.8, 4) is 0 Å². The van der Waals surface area contributed by atoms with E-state index in [9.17, 15) is 4.79 Å². The summed E-state index contributed by atoms with van der Waals surface area (Å²) in [5.41, 5.74) is 0. The number of ether oxygens (including phenoxy) is 1. The zero-order chi connectivity index (χ0) is 8.69. The van der Waals surface area contributed by atoms with E-state index in [0.29, 0.717) is 12.4 Å². The summed E-state index contributed by atoms with van der Waals surface area (Å²) in [4.78, 5) is 11.0. The van der Waals surface area contributed by atoms with Gasteiger partial charge in [0.15, 0.2) is 0 Å². The lowest BCUT2D eigenvalue weighted by molar-refractivity contribution is -0.139.